The molecule has 2 aromatic rings. The highest BCUT2D eigenvalue weighted by Crippen LogP contribution is 2.33. The number of aliphatic hydroxyl groups is 1. The van der Waals surface area contributed by atoms with Crippen molar-refractivity contribution in [3.63, 3.8) is 0 Å². The fourth-order valence-electron chi connectivity index (χ4n) is 3.47. The quantitative estimate of drug-likeness (QED) is 0.579. The molecule has 7 nitrogen and oxygen atoms in total. The Morgan fingerprint density at radius 3 is 2.69 bits per heavy atom. The molecule has 0 bridgehead atoms. The van der Waals surface area contributed by atoms with Gasteiger partial charge in [0, 0.05) is 25.4 Å². The van der Waals surface area contributed by atoms with Crippen LogP contribution in [0.5, 0.6) is 0 Å². The van der Waals surface area contributed by atoms with Gasteiger partial charge < -0.3 is 20.6 Å². The van der Waals surface area contributed by atoms with E-state index in [1.54, 1.807) is 6.20 Å². The zero-order valence-corrected chi connectivity index (χ0v) is 17.7. The molecule has 0 spiro atoms. The van der Waals surface area contributed by atoms with Gasteiger partial charge >= 0.3 is 12.2 Å². The smallest absolute Gasteiger partial charge is 0.396 e. The molecule has 3 N–H and O–H groups in total. The Bertz CT molecular complexity index is 968. The van der Waals surface area contributed by atoms with Crippen molar-refractivity contribution in [2.75, 3.05) is 18.5 Å². The van der Waals surface area contributed by atoms with Gasteiger partial charge in [0.1, 0.15) is 5.82 Å². The molecule has 1 aromatic heterocycles. The van der Waals surface area contributed by atoms with Crippen LogP contribution in [0.15, 0.2) is 24.4 Å². The van der Waals surface area contributed by atoms with Crippen LogP contribution in [0.25, 0.3) is 0 Å². The van der Waals surface area contributed by atoms with E-state index in [-0.39, 0.29) is 31.2 Å². The van der Waals surface area contributed by atoms with Crippen molar-refractivity contribution in [2.45, 2.75) is 51.5 Å². The predicted molar refractivity (Wildman–Crippen MR) is 109 cm³/mol. The number of urea groups is 1. The number of hydrogen-bond donors (Lipinski definition) is 3. The van der Waals surface area contributed by atoms with Crippen molar-refractivity contribution >= 4 is 12.0 Å². The zero-order chi connectivity index (χ0) is 23.5. The minimum atomic E-state index is -4.81. The molecule has 2 heterocycles. The lowest BCUT2D eigenvalue weighted by molar-refractivity contribution is -0.140. The first-order valence-electron chi connectivity index (χ1n) is 10.2. The van der Waals surface area contributed by atoms with Crippen LogP contribution in [0, 0.1) is 5.82 Å². The lowest BCUT2D eigenvalue weighted by Crippen LogP contribution is -2.44. The largest absolute Gasteiger partial charge is 0.419 e. The van der Waals surface area contributed by atoms with Crippen molar-refractivity contribution in [3.8, 4) is 0 Å². The Labute approximate surface area is 182 Å². The van der Waals surface area contributed by atoms with Crippen LogP contribution < -0.4 is 10.6 Å². The molecule has 0 aliphatic carbocycles. The van der Waals surface area contributed by atoms with E-state index in [9.17, 15) is 27.5 Å². The first-order valence-corrected chi connectivity index (χ1v) is 10.2. The number of fused-ring (bicyclic) bond motifs is 1. The predicted octanol–water partition coefficient (Wildman–Crippen LogP) is 3.65. The van der Waals surface area contributed by atoms with E-state index >= 15 is 0 Å². The summed E-state index contributed by atoms with van der Waals surface area (Å²) >= 11 is 0. The summed E-state index contributed by atoms with van der Waals surface area (Å²) in [5, 5.41) is 15.1. The highest BCUT2D eigenvalue weighted by molar-refractivity contribution is 5.75. The third kappa shape index (κ3) is 5.64. The monoisotopic (exact) mass is 455 g/mol. The van der Waals surface area contributed by atoms with Crippen LogP contribution in [0.3, 0.4) is 0 Å². The lowest BCUT2D eigenvalue weighted by Gasteiger charge is -2.30. The van der Waals surface area contributed by atoms with Gasteiger partial charge in [-0.2, -0.15) is 13.2 Å². The maximum atomic E-state index is 14.0. The Morgan fingerprint density at radius 2 is 2.06 bits per heavy atom. The standard InChI is InChI=1S/C21H25F4N5O2/c1-12(2)27-19-26-10-14-5-7-30(11-18(14)28-19)20(32)29-17(6-8-31)13-3-4-15(16(22)9-13)21(23,24)25/h3-4,9-10,12,17,31H,5-8,11H2,1-2H3,(H,29,32)(H,26,27,28). The summed E-state index contributed by atoms with van der Waals surface area (Å²) in [5.74, 6) is -0.972. The SMILES string of the molecule is CC(C)Nc1ncc2c(n1)CN(C(=O)NC(CCO)c1ccc(C(F)(F)F)c(F)c1)CC2. The van der Waals surface area contributed by atoms with Crippen LogP contribution in [0.1, 0.15) is 48.7 Å². The van der Waals surface area contributed by atoms with Crippen molar-refractivity contribution in [1.29, 1.82) is 0 Å². The molecule has 0 radical (unpaired) electrons. The van der Waals surface area contributed by atoms with Gasteiger partial charge in [-0.25, -0.2) is 19.2 Å². The van der Waals surface area contributed by atoms with Crippen molar-refractivity contribution < 1.29 is 27.5 Å². The van der Waals surface area contributed by atoms with Gasteiger partial charge in [-0.1, -0.05) is 6.07 Å². The number of carbonyl (C=O) groups excluding carboxylic acids is 1. The molecule has 1 aromatic carbocycles. The molecule has 2 amide bonds. The fraction of sp³-hybridized carbons (Fsp3) is 0.476. The molecule has 174 valence electrons. The number of halogens is 4. The number of nitrogens with one attached hydrogen (secondary N) is 2. The molecule has 32 heavy (non-hydrogen) atoms. The summed E-state index contributed by atoms with van der Waals surface area (Å²) in [6.07, 6.45) is -2.53. The first kappa shape index (κ1) is 23.7. The molecular weight excluding hydrogens is 430 g/mol. The Kier molecular flexibility index (Phi) is 7.17. The normalized spacial score (nSPS) is 14.8. The maximum absolute atomic E-state index is 14.0. The Hall–Kier alpha value is -2.95. The van der Waals surface area contributed by atoms with Crippen LogP contribution in [0.4, 0.5) is 28.3 Å². The molecule has 0 saturated heterocycles. The summed E-state index contributed by atoms with van der Waals surface area (Å²) in [7, 11) is 0. The zero-order valence-electron chi connectivity index (χ0n) is 17.7. The third-order valence-corrected chi connectivity index (χ3v) is 5.07. The number of rotatable bonds is 6. The second-order valence-electron chi connectivity index (χ2n) is 7.89. The second kappa shape index (κ2) is 9.68. The molecule has 1 atom stereocenters. The van der Waals surface area contributed by atoms with Crippen molar-refractivity contribution in [3.05, 3.63) is 52.6 Å². The van der Waals surface area contributed by atoms with Crippen LogP contribution >= 0.6 is 0 Å². The maximum Gasteiger partial charge on any atom is 0.419 e. The molecule has 1 aliphatic rings. The van der Waals surface area contributed by atoms with E-state index in [0.29, 0.717) is 30.7 Å². The minimum absolute atomic E-state index is 0.0194. The first-order chi connectivity index (χ1) is 15.1. The van der Waals surface area contributed by atoms with Gasteiger partial charge in [0.25, 0.3) is 0 Å². The molecule has 0 fully saturated rings. The van der Waals surface area contributed by atoms with Gasteiger partial charge in [0.05, 0.1) is 23.8 Å². The number of nitrogens with zero attached hydrogens (tertiary/aromatic N) is 3. The minimum Gasteiger partial charge on any atom is -0.396 e. The van der Waals surface area contributed by atoms with E-state index in [2.05, 4.69) is 20.6 Å². The number of benzene rings is 1. The molecule has 0 saturated carbocycles. The number of alkyl halides is 3. The van der Waals surface area contributed by atoms with E-state index in [4.69, 9.17) is 0 Å². The number of anilines is 1. The van der Waals surface area contributed by atoms with E-state index < -0.39 is 29.6 Å². The topological polar surface area (TPSA) is 90.4 Å². The van der Waals surface area contributed by atoms with E-state index in [1.807, 2.05) is 13.8 Å². The molecule has 1 aliphatic heterocycles. The third-order valence-electron chi connectivity index (χ3n) is 5.07. The highest BCUT2D eigenvalue weighted by atomic mass is 19.4. The average molecular weight is 455 g/mol. The summed E-state index contributed by atoms with van der Waals surface area (Å²) in [5.41, 5.74) is 0.387. The lowest BCUT2D eigenvalue weighted by atomic mass is 10.0. The fourth-order valence-corrected chi connectivity index (χ4v) is 3.47. The number of carbonyl (C=O) groups is 1. The Balaban J connectivity index is 1.74. The number of amides is 2. The van der Waals surface area contributed by atoms with E-state index in [0.717, 1.165) is 17.7 Å². The van der Waals surface area contributed by atoms with E-state index in [1.165, 1.54) is 4.90 Å². The summed E-state index contributed by atoms with van der Waals surface area (Å²) in [6, 6.07) is 1.29. The number of aliphatic hydroxyl groups excluding tert-OH is 1. The number of hydrogen-bond acceptors (Lipinski definition) is 5. The van der Waals surface area contributed by atoms with Gasteiger partial charge in [0.15, 0.2) is 0 Å². The summed E-state index contributed by atoms with van der Waals surface area (Å²) in [4.78, 5) is 23.1. The molecular formula is C21H25F4N5O2. The van der Waals surface area contributed by atoms with Crippen LogP contribution in [0.2, 0.25) is 0 Å². The highest BCUT2D eigenvalue weighted by Gasteiger charge is 2.34. The van der Waals surface area contributed by atoms with Crippen molar-refractivity contribution in [1.82, 2.24) is 20.2 Å². The van der Waals surface area contributed by atoms with Crippen LogP contribution in [-0.2, 0) is 19.1 Å². The molecule has 1 unspecified atom stereocenters. The van der Waals surface area contributed by atoms with Crippen molar-refractivity contribution in [2.24, 2.45) is 0 Å². The summed E-state index contributed by atoms with van der Waals surface area (Å²) in [6.45, 7) is 4.19. The molecule has 11 heteroatoms. The van der Waals surface area contributed by atoms with Gasteiger partial charge in [-0.15, -0.1) is 0 Å². The van der Waals surface area contributed by atoms with Crippen LogP contribution in [-0.4, -0.2) is 45.2 Å². The average Bonchev–Trinajstić information content (AvgIpc) is 2.71. The van der Waals surface area contributed by atoms with Gasteiger partial charge in [0.2, 0.25) is 5.95 Å². The Morgan fingerprint density at radius 1 is 1.31 bits per heavy atom. The number of aromatic nitrogens is 2. The van der Waals surface area contributed by atoms with Gasteiger partial charge in [-0.05, 0) is 49.9 Å². The van der Waals surface area contributed by atoms with Gasteiger partial charge in [-0.3, -0.25) is 0 Å². The molecule has 3 rings (SSSR count). The second-order valence-corrected chi connectivity index (χ2v) is 7.89. The summed E-state index contributed by atoms with van der Waals surface area (Å²) < 4.78 is 52.5.